The number of ether oxygens (including phenoxy) is 1. The lowest BCUT2D eigenvalue weighted by Crippen LogP contribution is -2.58. The van der Waals surface area contributed by atoms with E-state index in [0.717, 1.165) is 17.7 Å². The number of hydrogen-bond acceptors (Lipinski definition) is 7. The molecule has 1 aliphatic heterocycles. The van der Waals surface area contributed by atoms with Gasteiger partial charge in [0, 0.05) is 25.4 Å². The summed E-state index contributed by atoms with van der Waals surface area (Å²) in [6, 6.07) is 3.46. The molecule has 3 atom stereocenters. The molecular formula is C21H25F3N4O4. The first-order valence-electron chi connectivity index (χ1n) is 10.4. The largest absolute Gasteiger partial charge is 0.481 e. The van der Waals surface area contributed by atoms with Crippen LogP contribution in [0, 0.1) is 11.8 Å². The number of nitrogens with zero attached hydrogens (tertiary/aromatic N) is 4. The fourth-order valence-electron chi connectivity index (χ4n) is 4.63. The Labute approximate surface area is 182 Å². The Balaban J connectivity index is 1.48. The molecule has 2 fully saturated rings. The third-order valence-electron chi connectivity index (χ3n) is 6.70. The second kappa shape index (κ2) is 7.72. The summed E-state index contributed by atoms with van der Waals surface area (Å²) >= 11 is 0. The van der Waals surface area contributed by atoms with E-state index in [1.165, 1.54) is 7.11 Å². The first kappa shape index (κ1) is 22.5. The van der Waals surface area contributed by atoms with Crippen molar-refractivity contribution in [3.63, 3.8) is 0 Å². The van der Waals surface area contributed by atoms with Gasteiger partial charge in [-0.05, 0) is 44.1 Å². The van der Waals surface area contributed by atoms with Gasteiger partial charge in [0.25, 0.3) is 5.91 Å². The highest BCUT2D eigenvalue weighted by Crippen LogP contribution is 2.58. The molecular weight excluding hydrogens is 429 g/mol. The minimum atomic E-state index is -5.03. The molecule has 4 rings (SSSR count). The fourth-order valence-corrected chi connectivity index (χ4v) is 4.63. The maximum absolute atomic E-state index is 13.1. The van der Waals surface area contributed by atoms with E-state index in [2.05, 4.69) is 15.2 Å². The van der Waals surface area contributed by atoms with E-state index >= 15 is 0 Å². The molecule has 0 aromatic carbocycles. The first-order chi connectivity index (χ1) is 15.0. The second-order valence-electron chi connectivity index (χ2n) is 8.85. The van der Waals surface area contributed by atoms with Gasteiger partial charge in [-0.2, -0.15) is 13.2 Å². The number of likely N-dealkylation sites (tertiary alicyclic amines) is 1. The summed E-state index contributed by atoms with van der Waals surface area (Å²) in [7, 11) is 1.52. The van der Waals surface area contributed by atoms with Crippen LogP contribution in [0.3, 0.4) is 0 Å². The van der Waals surface area contributed by atoms with E-state index in [4.69, 9.17) is 9.15 Å². The number of alkyl halides is 3. The van der Waals surface area contributed by atoms with E-state index in [1.807, 2.05) is 6.92 Å². The number of carbonyl (C=O) groups is 1. The lowest BCUT2D eigenvalue weighted by molar-refractivity contribution is -0.251. The number of amides is 1. The van der Waals surface area contributed by atoms with Gasteiger partial charge in [0.15, 0.2) is 0 Å². The molecule has 0 spiro atoms. The van der Waals surface area contributed by atoms with Crippen molar-refractivity contribution in [1.82, 2.24) is 20.1 Å². The van der Waals surface area contributed by atoms with Crippen molar-refractivity contribution >= 4 is 5.91 Å². The number of aliphatic hydroxyl groups is 1. The third-order valence-corrected chi connectivity index (χ3v) is 6.70. The smallest absolute Gasteiger partial charge is 0.426 e. The highest BCUT2D eigenvalue weighted by atomic mass is 19.4. The summed E-state index contributed by atoms with van der Waals surface area (Å²) in [6.07, 6.45) is -1.30. The maximum atomic E-state index is 13.1. The molecule has 2 aliphatic rings. The van der Waals surface area contributed by atoms with Crippen molar-refractivity contribution in [2.75, 3.05) is 20.2 Å². The Bertz CT molecular complexity index is 986. The normalized spacial score (nSPS) is 24.7. The van der Waals surface area contributed by atoms with Crippen molar-refractivity contribution in [3.05, 3.63) is 24.2 Å². The second-order valence-corrected chi connectivity index (χ2v) is 8.85. The zero-order valence-corrected chi connectivity index (χ0v) is 18.0. The van der Waals surface area contributed by atoms with Crippen molar-refractivity contribution in [2.45, 2.75) is 50.3 Å². The highest BCUT2D eigenvalue weighted by molar-refractivity contribution is 5.85. The highest BCUT2D eigenvalue weighted by Gasteiger charge is 2.60. The van der Waals surface area contributed by atoms with Gasteiger partial charge in [-0.15, -0.1) is 10.2 Å². The van der Waals surface area contributed by atoms with Crippen LogP contribution < -0.4 is 4.74 Å². The van der Waals surface area contributed by atoms with Crippen molar-refractivity contribution in [1.29, 1.82) is 0 Å². The Morgan fingerprint density at radius 2 is 2.03 bits per heavy atom. The monoisotopic (exact) mass is 454 g/mol. The molecule has 0 bridgehead atoms. The molecule has 1 N–H and O–H groups in total. The van der Waals surface area contributed by atoms with Gasteiger partial charge in [0.05, 0.1) is 18.1 Å². The predicted molar refractivity (Wildman–Crippen MR) is 106 cm³/mol. The van der Waals surface area contributed by atoms with E-state index in [1.54, 1.807) is 18.3 Å². The Kier molecular flexibility index (Phi) is 5.43. The quantitative estimate of drug-likeness (QED) is 0.741. The summed E-state index contributed by atoms with van der Waals surface area (Å²) in [5.74, 6) is -0.0360. The van der Waals surface area contributed by atoms with Crippen LogP contribution in [0.1, 0.15) is 39.0 Å². The fraction of sp³-hybridized carbons (Fsp3) is 0.619. The molecule has 8 nitrogen and oxygen atoms in total. The van der Waals surface area contributed by atoms with Crippen molar-refractivity contribution in [2.24, 2.45) is 11.8 Å². The number of carbonyl (C=O) groups excluding carboxylic acids is 1. The van der Waals surface area contributed by atoms with Gasteiger partial charge in [-0.1, -0.05) is 6.92 Å². The molecule has 11 heteroatoms. The summed E-state index contributed by atoms with van der Waals surface area (Å²) in [5.41, 5.74) is -3.08. The van der Waals surface area contributed by atoms with Gasteiger partial charge >= 0.3 is 6.18 Å². The molecule has 3 heterocycles. The number of pyridine rings is 1. The SMILES string of the molecule is COc1ccc(-c2nnc(C3(C4CCN(C(=O)[C@@](C)(O)C(F)(F)F)C[C@H]4C)CC3)o2)cn1. The van der Waals surface area contributed by atoms with Gasteiger partial charge in [0.2, 0.25) is 23.3 Å². The van der Waals surface area contributed by atoms with E-state index in [0.29, 0.717) is 36.6 Å². The summed E-state index contributed by atoms with van der Waals surface area (Å²) in [6.45, 7) is 2.66. The minimum absolute atomic E-state index is 0.0738. The molecule has 1 unspecified atom stereocenters. The lowest BCUT2D eigenvalue weighted by Gasteiger charge is -2.42. The molecule has 1 amide bonds. The van der Waals surface area contributed by atoms with Crippen LogP contribution in [-0.2, 0) is 10.2 Å². The first-order valence-corrected chi connectivity index (χ1v) is 10.4. The van der Waals surface area contributed by atoms with Crippen LogP contribution in [0.2, 0.25) is 0 Å². The number of rotatable bonds is 5. The summed E-state index contributed by atoms with van der Waals surface area (Å²) in [5, 5.41) is 18.2. The minimum Gasteiger partial charge on any atom is -0.481 e. The van der Waals surface area contributed by atoms with Crippen LogP contribution >= 0.6 is 0 Å². The lowest BCUT2D eigenvalue weighted by atomic mass is 9.74. The van der Waals surface area contributed by atoms with Crippen molar-refractivity contribution < 1.29 is 32.2 Å². The Hall–Kier alpha value is -2.69. The van der Waals surface area contributed by atoms with Crippen LogP contribution in [0.5, 0.6) is 5.88 Å². The van der Waals surface area contributed by atoms with E-state index in [-0.39, 0.29) is 30.3 Å². The van der Waals surface area contributed by atoms with Crippen LogP contribution in [0.25, 0.3) is 11.5 Å². The molecule has 174 valence electrons. The molecule has 32 heavy (non-hydrogen) atoms. The molecule has 1 saturated carbocycles. The predicted octanol–water partition coefficient (Wildman–Crippen LogP) is 2.97. The summed E-state index contributed by atoms with van der Waals surface area (Å²) in [4.78, 5) is 17.6. The number of piperidine rings is 1. The van der Waals surface area contributed by atoms with Gasteiger partial charge in [0.1, 0.15) is 0 Å². The Morgan fingerprint density at radius 3 is 2.56 bits per heavy atom. The number of methoxy groups -OCH3 is 1. The average Bonchev–Trinajstić information content (AvgIpc) is 3.40. The number of aromatic nitrogens is 3. The molecule has 0 radical (unpaired) electrons. The Morgan fingerprint density at radius 1 is 1.31 bits per heavy atom. The molecule has 2 aromatic rings. The van der Waals surface area contributed by atoms with Gasteiger partial charge < -0.3 is 19.2 Å². The van der Waals surface area contributed by atoms with E-state index in [9.17, 15) is 23.1 Å². The van der Waals surface area contributed by atoms with Gasteiger partial charge in [-0.25, -0.2) is 4.98 Å². The maximum Gasteiger partial charge on any atom is 0.426 e. The number of hydrogen-bond donors (Lipinski definition) is 1. The van der Waals surface area contributed by atoms with E-state index < -0.39 is 17.7 Å². The van der Waals surface area contributed by atoms with Crippen LogP contribution in [0.15, 0.2) is 22.7 Å². The molecule has 1 aliphatic carbocycles. The third kappa shape index (κ3) is 3.72. The zero-order valence-electron chi connectivity index (χ0n) is 18.0. The average molecular weight is 454 g/mol. The molecule has 1 saturated heterocycles. The molecule has 2 aromatic heterocycles. The van der Waals surface area contributed by atoms with Crippen molar-refractivity contribution in [3.8, 4) is 17.3 Å². The zero-order chi connectivity index (χ0) is 23.3. The van der Waals surface area contributed by atoms with Crippen LogP contribution in [-0.4, -0.2) is 63.1 Å². The standard InChI is InChI=1S/C21H25F3N4O4/c1-12-11-28(18(29)19(2,30)21(22,23)24)9-6-14(12)20(7-8-20)17-27-26-16(32-17)13-4-5-15(31-3)25-10-13/h4-5,10,12,14,30H,6-9,11H2,1-3H3/t12-,14?,19-/m1/s1. The number of halogens is 3. The van der Waals surface area contributed by atoms with Crippen LogP contribution in [0.4, 0.5) is 13.2 Å². The summed E-state index contributed by atoms with van der Waals surface area (Å²) < 4.78 is 50.3. The van der Waals surface area contributed by atoms with Gasteiger partial charge in [-0.3, -0.25) is 4.79 Å². The topological polar surface area (TPSA) is 102 Å².